The largest absolute Gasteiger partial charge is 0.395 e. The van der Waals surface area contributed by atoms with Crippen molar-refractivity contribution < 1.29 is 9.90 Å². The van der Waals surface area contributed by atoms with E-state index >= 15 is 0 Å². The van der Waals surface area contributed by atoms with Gasteiger partial charge in [0.1, 0.15) is 0 Å². The number of rotatable bonds is 5. The lowest BCUT2D eigenvalue weighted by molar-refractivity contribution is -0.126. The highest BCUT2D eigenvalue weighted by molar-refractivity contribution is 5.81. The number of aliphatic hydroxyl groups is 1. The first-order chi connectivity index (χ1) is 8.20. The normalized spacial score (nSPS) is 24.6. The Labute approximate surface area is 103 Å². The zero-order chi connectivity index (χ0) is 12.3. The van der Waals surface area contributed by atoms with E-state index in [0.717, 1.165) is 45.6 Å². The highest BCUT2D eigenvalue weighted by Crippen LogP contribution is 2.19. The number of piperazine rings is 1. The van der Waals surface area contributed by atoms with E-state index in [1.807, 2.05) is 6.92 Å². The summed E-state index contributed by atoms with van der Waals surface area (Å²) in [7, 11) is 0. The van der Waals surface area contributed by atoms with E-state index < -0.39 is 0 Å². The molecule has 98 valence electrons. The monoisotopic (exact) mass is 241 g/mol. The molecule has 2 N–H and O–H groups in total. The Morgan fingerprint density at radius 1 is 1.35 bits per heavy atom. The van der Waals surface area contributed by atoms with Crippen molar-refractivity contribution in [2.75, 3.05) is 39.3 Å². The first-order valence-electron chi connectivity index (χ1n) is 6.58. The van der Waals surface area contributed by atoms with Gasteiger partial charge in [-0.05, 0) is 19.8 Å². The summed E-state index contributed by atoms with van der Waals surface area (Å²) in [6.45, 7) is 6.68. The minimum atomic E-state index is -0.0214. The van der Waals surface area contributed by atoms with Crippen LogP contribution in [-0.4, -0.2) is 72.2 Å². The van der Waals surface area contributed by atoms with Crippen LogP contribution in [0, 0.1) is 0 Å². The van der Waals surface area contributed by atoms with Crippen molar-refractivity contribution in [3.8, 4) is 0 Å². The number of hydrogen-bond acceptors (Lipinski definition) is 4. The summed E-state index contributed by atoms with van der Waals surface area (Å²) < 4.78 is 0. The van der Waals surface area contributed by atoms with Crippen LogP contribution in [0.15, 0.2) is 0 Å². The molecule has 0 spiro atoms. The first kappa shape index (κ1) is 12.8. The second-order valence-electron chi connectivity index (χ2n) is 5.06. The molecule has 2 rings (SSSR count). The van der Waals surface area contributed by atoms with Gasteiger partial charge >= 0.3 is 0 Å². The van der Waals surface area contributed by atoms with E-state index in [1.54, 1.807) is 0 Å². The van der Waals surface area contributed by atoms with Gasteiger partial charge in [0.15, 0.2) is 0 Å². The first-order valence-corrected chi connectivity index (χ1v) is 6.58. The quantitative estimate of drug-likeness (QED) is 0.666. The third kappa shape index (κ3) is 3.66. The maximum Gasteiger partial charge on any atom is 0.237 e. The Morgan fingerprint density at radius 3 is 2.53 bits per heavy atom. The molecule has 5 heteroatoms. The van der Waals surface area contributed by atoms with Crippen molar-refractivity contribution in [3.63, 3.8) is 0 Å². The zero-order valence-corrected chi connectivity index (χ0v) is 10.6. The van der Waals surface area contributed by atoms with E-state index in [9.17, 15) is 4.79 Å². The van der Waals surface area contributed by atoms with Crippen LogP contribution in [0.5, 0.6) is 0 Å². The average Bonchev–Trinajstić information content (AvgIpc) is 3.13. The number of aliphatic hydroxyl groups excluding tert-OH is 1. The summed E-state index contributed by atoms with van der Waals surface area (Å²) in [5.74, 6) is 0.170. The van der Waals surface area contributed by atoms with Crippen LogP contribution >= 0.6 is 0 Å². The number of hydrogen-bond donors (Lipinski definition) is 2. The van der Waals surface area contributed by atoms with Crippen LogP contribution in [0.1, 0.15) is 19.8 Å². The van der Waals surface area contributed by atoms with E-state index in [1.165, 1.54) is 0 Å². The minimum absolute atomic E-state index is 0.0214. The van der Waals surface area contributed by atoms with Crippen LogP contribution < -0.4 is 5.32 Å². The molecule has 0 aromatic carbocycles. The summed E-state index contributed by atoms with van der Waals surface area (Å²) >= 11 is 0. The molecule has 17 heavy (non-hydrogen) atoms. The Balaban J connectivity index is 1.72. The van der Waals surface area contributed by atoms with Gasteiger partial charge in [-0.25, -0.2) is 0 Å². The molecular formula is C12H23N3O2. The molecule has 1 saturated carbocycles. The predicted molar refractivity (Wildman–Crippen MR) is 65.7 cm³/mol. The number of nitrogens with one attached hydrogen (secondary N) is 1. The fourth-order valence-corrected chi connectivity index (χ4v) is 2.23. The topological polar surface area (TPSA) is 55.8 Å². The van der Waals surface area contributed by atoms with E-state index in [-0.39, 0.29) is 18.6 Å². The van der Waals surface area contributed by atoms with E-state index in [4.69, 9.17) is 5.11 Å². The summed E-state index contributed by atoms with van der Waals surface area (Å²) in [6, 6.07) is 0.424. The molecular weight excluding hydrogens is 218 g/mol. The van der Waals surface area contributed by atoms with Crippen LogP contribution in [0.4, 0.5) is 0 Å². The number of nitrogens with zero attached hydrogens (tertiary/aromatic N) is 2. The molecule has 1 heterocycles. The van der Waals surface area contributed by atoms with Gasteiger partial charge < -0.3 is 10.4 Å². The Morgan fingerprint density at radius 2 is 2.00 bits per heavy atom. The van der Waals surface area contributed by atoms with Gasteiger partial charge in [-0.3, -0.25) is 14.6 Å². The van der Waals surface area contributed by atoms with Gasteiger partial charge in [0.2, 0.25) is 5.91 Å². The molecule has 5 nitrogen and oxygen atoms in total. The van der Waals surface area contributed by atoms with Crippen molar-refractivity contribution in [1.82, 2.24) is 15.1 Å². The third-order valence-corrected chi connectivity index (χ3v) is 3.67. The maximum absolute atomic E-state index is 11.9. The molecule has 1 aliphatic carbocycles. The summed E-state index contributed by atoms with van der Waals surface area (Å²) in [6.07, 6.45) is 2.28. The lowest BCUT2D eigenvalue weighted by Gasteiger charge is -2.37. The van der Waals surface area contributed by atoms with Gasteiger partial charge in [-0.15, -0.1) is 0 Å². The molecule has 0 aromatic heterocycles. The van der Waals surface area contributed by atoms with Crippen molar-refractivity contribution in [1.29, 1.82) is 0 Å². The average molecular weight is 241 g/mol. The second-order valence-corrected chi connectivity index (χ2v) is 5.06. The van der Waals surface area contributed by atoms with Gasteiger partial charge in [-0.1, -0.05) is 0 Å². The van der Waals surface area contributed by atoms with Gasteiger partial charge in [0.25, 0.3) is 0 Å². The Hall–Kier alpha value is -0.650. The SMILES string of the molecule is CC(C(=O)NC1CC1)N1CCN(CCO)CC1. The maximum atomic E-state index is 11.9. The second kappa shape index (κ2) is 5.80. The van der Waals surface area contributed by atoms with Crippen molar-refractivity contribution in [2.45, 2.75) is 31.8 Å². The molecule has 1 amide bonds. The van der Waals surface area contributed by atoms with Crippen LogP contribution in [0.3, 0.4) is 0 Å². The summed E-state index contributed by atoms with van der Waals surface area (Å²) in [5, 5.41) is 11.9. The lowest BCUT2D eigenvalue weighted by Crippen LogP contribution is -2.54. The van der Waals surface area contributed by atoms with Gasteiger partial charge in [0, 0.05) is 38.8 Å². The smallest absolute Gasteiger partial charge is 0.237 e. The molecule has 2 fully saturated rings. The van der Waals surface area contributed by atoms with Crippen LogP contribution in [0.25, 0.3) is 0 Å². The standard InChI is InChI=1S/C12H23N3O2/c1-10(12(17)13-11-2-3-11)15-6-4-14(5-7-15)8-9-16/h10-11,16H,2-9H2,1H3,(H,13,17). The molecule has 0 bridgehead atoms. The fraction of sp³-hybridized carbons (Fsp3) is 0.917. The summed E-state index contributed by atoms with van der Waals surface area (Å²) in [4.78, 5) is 16.4. The number of carbonyl (C=O) groups excluding carboxylic acids is 1. The van der Waals surface area contributed by atoms with E-state index in [2.05, 4.69) is 15.1 Å². The lowest BCUT2D eigenvalue weighted by atomic mass is 10.2. The number of carbonyl (C=O) groups is 1. The minimum Gasteiger partial charge on any atom is -0.395 e. The van der Waals surface area contributed by atoms with E-state index in [0.29, 0.717) is 6.04 Å². The van der Waals surface area contributed by atoms with Crippen molar-refractivity contribution in [2.24, 2.45) is 0 Å². The molecule has 1 aliphatic heterocycles. The molecule has 1 saturated heterocycles. The van der Waals surface area contributed by atoms with Crippen LogP contribution in [0.2, 0.25) is 0 Å². The highest BCUT2D eigenvalue weighted by Gasteiger charge is 2.29. The summed E-state index contributed by atoms with van der Waals surface area (Å²) in [5.41, 5.74) is 0. The molecule has 0 radical (unpaired) electrons. The number of β-amino-alcohol motifs (C(OH)–C–C–N with tert-alkyl or cyclic N) is 1. The Bertz CT molecular complexity index is 260. The third-order valence-electron chi connectivity index (χ3n) is 3.67. The number of amides is 1. The van der Waals surface area contributed by atoms with Gasteiger partial charge in [0.05, 0.1) is 12.6 Å². The molecule has 1 unspecified atom stereocenters. The van der Waals surface area contributed by atoms with Crippen LogP contribution in [-0.2, 0) is 4.79 Å². The van der Waals surface area contributed by atoms with Gasteiger partial charge in [-0.2, -0.15) is 0 Å². The molecule has 1 atom stereocenters. The highest BCUT2D eigenvalue weighted by atomic mass is 16.3. The van der Waals surface area contributed by atoms with Crippen molar-refractivity contribution in [3.05, 3.63) is 0 Å². The Kier molecular flexibility index (Phi) is 4.36. The predicted octanol–water partition coefficient (Wildman–Crippen LogP) is -0.737. The molecule has 2 aliphatic rings. The fourth-order valence-electron chi connectivity index (χ4n) is 2.23. The van der Waals surface area contributed by atoms with Crippen molar-refractivity contribution >= 4 is 5.91 Å². The zero-order valence-electron chi connectivity index (χ0n) is 10.6. The molecule has 0 aromatic rings.